The predicted molar refractivity (Wildman–Crippen MR) is 164 cm³/mol. The standard InChI is InChI=1S/C31H38ClN3O6S/c1-6-27(31(37)33-22(3)4)34(20-23-12-16-25(40-5)17-13-23)30(36)21-35(28-10-8-9-11-29(28)41-7-2)42(38,39)26-18-14-24(32)15-19-26/h8-19,22,27H,6-7,20-21H2,1-5H3,(H,33,37)/t27-/m0/s1. The quantitative estimate of drug-likeness (QED) is 0.265. The van der Waals surface area contributed by atoms with E-state index < -0.39 is 28.5 Å². The summed E-state index contributed by atoms with van der Waals surface area (Å²) in [4.78, 5) is 28.9. The van der Waals surface area contributed by atoms with Crippen molar-refractivity contribution in [2.24, 2.45) is 0 Å². The summed E-state index contributed by atoms with van der Waals surface area (Å²) in [5.41, 5.74) is 0.952. The number of methoxy groups -OCH3 is 1. The van der Waals surface area contributed by atoms with Crippen molar-refractivity contribution in [2.75, 3.05) is 24.6 Å². The van der Waals surface area contributed by atoms with E-state index in [0.717, 1.165) is 9.87 Å². The lowest BCUT2D eigenvalue weighted by molar-refractivity contribution is -0.140. The van der Waals surface area contributed by atoms with Crippen LogP contribution in [0.2, 0.25) is 5.02 Å². The Bertz CT molecular complexity index is 1450. The number of sulfonamides is 1. The summed E-state index contributed by atoms with van der Waals surface area (Å²) < 4.78 is 40.2. The van der Waals surface area contributed by atoms with Crippen LogP contribution in [0.1, 0.15) is 39.7 Å². The lowest BCUT2D eigenvalue weighted by atomic mass is 10.1. The molecule has 0 heterocycles. The lowest BCUT2D eigenvalue weighted by Gasteiger charge is -2.34. The second kappa shape index (κ2) is 14.9. The van der Waals surface area contributed by atoms with E-state index in [9.17, 15) is 18.0 Å². The van der Waals surface area contributed by atoms with Gasteiger partial charge >= 0.3 is 0 Å². The Hall–Kier alpha value is -3.76. The van der Waals surface area contributed by atoms with Gasteiger partial charge in [0, 0.05) is 17.6 Å². The van der Waals surface area contributed by atoms with Crippen LogP contribution in [0.4, 0.5) is 5.69 Å². The Kier molecular flexibility index (Phi) is 11.6. The third-order valence-corrected chi connectivity index (χ3v) is 8.47. The highest BCUT2D eigenvalue weighted by Crippen LogP contribution is 2.33. The van der Waals surface area contributed by atoms with Crippen molar-refractivity contribution >= 4 is 39.1 Å². The molecule has 0 saturated carbocycles. The van der Waals surface area contributed by atoms with E-state index in [0.29, 0.717) is 22.9 Å². The highest BCUT2D eigenvalue weighted by atomic mass is 35.5. The molecule has 0 fully saturated rings. The minimum absolute atomic E-state index is 0.0442. The van der Waals surface area contributed by atoms with Crippen molar-refractivity contribution in [3.05, 3.63) is 83.4 Å². The average Bonchev–Trinajstić information content (AvgIpc) is 2.96. The van der Waals surface area contributed by atoms with Crippen molar-refractivity contribution in [3.8, 4) is 11.5 Å². The maximum Gasteiger partial charge on any atom is 0.264 e. The molecule has 0 unspecified atom stereocenters. The molecule has 0 radical (unpaired) electrons. The number of carbonyl (C=O) groups excluding carboxylic acids is 2. The maximum absolute atomic E-state index is 14.2. The Morgan fingerprint density at radius 2 is 1.60 bits per heavy atom. The van der Waals surface area contributed by atoms with Gasteiger partial charge in [-0.3, -0.25) is 13.9 Å². The molecule has 0 spiro atoms. The van der Waals surface area contributed by atoms with E-state index >= 15 is 0 Å². The number of nitrogens with one attached hydrogen (secondary N) is 1. The van der Waals surface area contributed by atoms with E-state index in [1.54, 1.807) is 62.6 Å². The summed E-state index contributed by atoms with van der Waals surface area (Å²) >= 11 is 6.03. The van der Waals surface area contributed by atoms with Crippen LogP contribution in [0.5, 0.6) is 11.5 Å². The Labute approximate surface area is 253 Å². The number of ether oxygens (including phenoxy) is 2. The molecule has 0 aliphatic rings. The molecule has 1 atom stereocenters. The van der Waals surface area contributed by atoms with Crippen molar-refractivity contribution in [3.63, 3.8) is 0 Å². The lowest BCUT2D eigenvalue weighted by Crippen LogP contribution is -2.53. The van der Waals surface area contributed by atoms with E-state index in [-0.39, 0.29) is 35.7 Å². The van der Waals surface area contributed by atoms with E-state index in [1.807, 2.05) is 20.8 Å². The molecule has 0 aromatic heterocycles. The average molecular weight is 616 g/mol. The molecule has 2 amide bonds. The number of para-hydroxylation sites is 2. The Balaban J connectivity index is 2.11. The van der Waals surface area contributed by atoms with Gasteiger partial charge in [-0.15, -0.1) is 0 Å². The van der Waals surface area contributed by atoms with E-state index in [1.165, 1.54) is 29.2 Å². The van der Waals surface area contributed by atoms with Gasteiger partial charge in [0.25, 0.3) is 10.0 Å². The number of hydrogen-bond acceptors (Lipinski definition) is 6. The molecule has 0 saturated heterocycles. The summed E-state index contributed by atoms with van der Waals surface area (Å²) in [6.45, 7) is 7.07. The zero-order valence-corrected chi connectivity index (χ0v) is 26.1. The topological polar surface area (TPSA) is 105 Å². The van der Waals surface area contributed by atoms with Gasteiger partial charge in [0.2, 0.25) is 11.8 Å². The number of rotatable bonds is 14. The first-order chi connectivity index (χ1) is 20.0. The number of nitrogens with zero attached hydrogens (tertiary/aromatic N) is 2. The summed E-state index contributed by atoms with van der Waals surface area (Å²) in [5, 5.41) is 3.26. The highest BCUT2D eigenvalue weighted by Gasteiger charge is 2.35. The fourth-order valence-electron chi connectivity index (χ4n) is 4.42. The van der Waals surface area contributed by atoms with Gasteiger partial charge in [-0.05, 0) is 81.3 Å². The molecule has 226 valence electrons. The van der Waals surface area contributed by atoms with Gasteiger partial charge in [0.05, 0.1) is 24.3 Å². The van der Waals surface area contributed by atoms with Gasteiger partial charge in [-0.1, -0.05) is 42.8 Å². The van der Waals surface area contributed by atoms with Crippen LogP contribution < -0.4 is 19.1 Å². The number of halogens is 1. The number of carbonyl (C=O) groups is 2. The second-order valence-corrected chi connectivity index (χ2v) is 12.1. The largest absolute Gasteiger partial charge is 0.497 e. The fourth-order valence-corrected chi connectivity index (χ4v) is 5.97. The summed E-state index contributed by atoms with van der Waals surface area (Å²) in [6, 6.07) is 18.5. The van der Waals surface area contributed by atoms with E-state index in [2.05, 4.69) is 5.32 Å². The molecule has 42 heavy (non-hydrogen) atoms. The van der Waals surface area contributed by atoms with Gasteiger partial charge in [0.15, 0.2) is 0 Å². The molecule has 0 aliphatic carbocycles. The normalized spacial score (nSPS) is 12.0. The first kappa shape index (κ1) is 32.8. The second-order valence-electron chi connectivity index (χ2n) is 9.82. The number of hydrogen-bond donors (Lipinski definition) is 1. The van der Waals surface area contributed by atoms with Crippen LogP contribution in [-0.4, -0.2) is 57.5 Å². The van der Waals surface area contributed by atoms with Crippen LogP contribution in [0.15, 0.2) is 77.7 Å². The molecule has 0 bridgehead atoms. The van der Waals surface area contributed by atoms with Gasteiger partial charge in [-0.25, -0.2) is 8.42 Å². The predicted octanol–water partition coefficient (Wildman–Crippen LogP) is 5.27. The fraction of sp³-hybridized carbons (Fsp3) is 0.355. The van der Waals surface area contributed by atoms with Crippen molar-refractivity contribution in [1.82, 2.24) is 10.2 Å². The molecule has 0 aliphatic heterocycles. The van der Waals surface area contributed by atoms with E-state index in [4.69, 9.17) is 21.1 Å². The van der Waals surface area contributed by atoms with Crippen molar-refractivity contribution in [2.45, 2.75) is 57.6 Å². The third kappa shape index (κ3) is 8.17. The van der Waals surface area contributed by atoms with Crippen LogP contribution in [0.3, 0.4) is 0 Å². The molecular weight excluding hydrogens is 578 g/mol. The van der Waals surface area contributed by atoms with Crippen LogP contribution in [0.25, 0.3) is 0 Å². The van der Waals surface area contributed by atoms with Crippen molar-refractivity contribution in [1.29, 1.82) is 0 Å². The first-order valence-corrected chi connectivity index (χ1v) is 15.6. The van der Waals surface area contributed by atoms with Crippen LogP contribution >= 0.6 is 11.6 Å². The Morgan fingerprint density at radius 1 is 0.952 bits per heavy atom. The van der Waals surface area contributed by atoms with Gasteiger partial charge in [-0.2, -0.15) is 0 Å². The molecule has 9 nitrogen and oxygen atoms in total. The highest BCUT2D eigenvalue weighted by molar-refractivity contribution is 7.92. The monoisotopic (exact) mass is 615 g/mol. The maximum atomic E-state index is 14.2. The molecule has 11 heteroatoms. The summed E-state index contributed by atoms with van der Waals surface area (Å²) in [5.74, 6) is 0.0715. The molecule has 3 rings (SSSR count). The zero-order chi connectivity index (χ0) is 30.9. The summed E-state index contributed by atoms with van der Waals surface area (Å²) in [7, 11) is -2.70. The summed E-state index contributed by atoms with van der Waals surface area (Å²) in [6.07, 6.45) is 0.319. The van der Waals surface area contributed by atoms with Crippen LogP contribution in [-0.2, 0) is 26.2 Å². The smallest absolute Gasteiger partial charge is 0.264 e. The Morgan fingerprint density at radius 3 is 2.17 bits per heavy atom. The van der Waals surface area contributed by atoms with Crippen molar-refractivity contribution < 1.29 is 27.5 Å². The molecule has 1 N–H and O–H groups in total. The zero-order valence-electron chi connectivity index (χ0n) is 24.5. The van der Waals surface area contributed by atoms with Gasteiger partial charge in [0.1, 0.15) is 24.1 Å². The molecule has 3 aromatic carbocycles. The van der Waals surface area contributed by atoms with Gasteiger partial charge < -0.3 is 19.7 Å². The third-order valence-electron chi connectivity index (χ3n) is 6.44. The number of amides is 2. The SMILES string of the molecule is CCOc1ccccc1N(CC(=O)N(Cc1ccc(OC)cc1)[C@@H](CC)C(=O)NC(C)C)S(=O)(=O)c1ccc(Cl)cc1. The molecular formula is C31H38ClN3O6S. The first-order valence-electron chi connectivity index (χ1n) is 13.7. The number of benzene rings is 3. The minimum atomic E-state index is -4.26. The molecule has 3 aromatic rings. The number of anilines is 1. The minimum Gasteiger partial charge on any atom is -0.497 e. The van der Waals surface area contributed by atoms with Crippen LogP contribution in [0, 0.1) is 0 Å².